The van der Waals surface area contributed by atoms with E-state index in [2.05, 4.69) is 0 Å². The number of esters is 1. The van der Waals surface area contributed by atoms with Gasteiger partial charge in [-0.25, -0.2) is 8.42 Å². The van der Waals surface area contributed by atoms with Gasteiger partial charge in [-0.05, 0) is 24.1 Å². The standard InChI is InChI=1S/C12H15ClO5S/c1-17-8-9-18-12(14)7-4-10-2-5-11(6-3-10)19(13,15)16/h2-3,5-6H,4,7-9H2,1H3. The van der Waals surface area contributed by atoms with Gasteiger partial charge in [0, 0.05) is 24.2 Å². The number of benzene rings is 1. The van der Waals surface area contributed by atoms with Crippen molar-refractivity contribution in [2.45, 2.75) is 17.7 Å². The number of hydrogen-bond acceptors (Lipinski definition) is 5. The first-order valence-corrected chi connectivity index (χ1v) is 7.92. The maximum atomic E-state index is 11.3. The van der Waals surface area contributed by atoms with Gasteiger partial charge in [-0.3, -0.25) is 4.79 Å². The minimum absolute atomic E-state index is 0.0422. The van der Waals surface area contributed by atoms with Crippen LogP contribution in [0.5, 0.6) is 0 Å². The second-order valence-corrected chi connectivity index (χ2v) is 6.36. The van der Waals surface area contributed by atoms with Crippen LogP contribution in [0.4, 0.5) is 0 Å². The van der Waals surface area contributed by atoms with Gasteiger partial charge in [0.2, 0.25) is 0 Å². The fourth-order valence-corrected chi connectivity index (χ4v) is 2.15. The van der Waals surface area contributed by atoms with Gasteiger partial charge in [0.15, 0.2) is 0 Å². The molecule has 1 rings (SSSR count). The molecule has 0 saturated heterocycles. The van der Waals surface area contributed by atoms with Crippen molar-refractivity contribution < 1.29 is 22.7 Å². The summed E-state index contributed by atoms with van der Waals surface area (Å²) in [7, 11) is 3.02. The summed E-state index contributed by atoms with van der Waals surface area (Å²) in [6, 6.07) is 6.07. The largest absolute Gasteiger partial charge is 0.463 e. The molecule has 0 aliphatic carbocycles. The highest BCUT2D eigenvalue weighted by molar-refractivity contribution is 8.13. The van der Waals surface area contributed by atoms with Crippen molar-refractivity contribution in [1.82, 2.24) is 0 Å². The van der Waals surface area contributed by atoms with Crippen molar-refractivity contribution in [1.29, 1.82) is 0 Å². The Morgan fingerprint density at radius 3 is 2.37 bits per heavy atom. The molecule has 0 spiro atoms. The van der Waals surface area contributed by atoms with Gasteiger partial charge >= 0.3 is 5.97 Å². The van der Waals surface area contributed by atoms with E-state index in [4.69, 9.17) is 20.2 Å². The number of carbonyl (C=O) groups excluding carboxylic acids is 1. The molecule has 0 N–H and O–H groups in total. The zero-order valence-corrected chi connectivity index (χ0v) is 12.0. The van der Waals surface area contributed by atoms with Gasteiger partial charge in [-0.1, -0.05) is 12.1 Å². The molecule has 106 valence electrons. The Kier molecular flexibility index (Phi) is 6.27. The fourth-order valence-electron chi connectivity index (χ4n) is 1.38. The van der Waals surface area contributed by atoms with Crippen LogP contribution in [0.2, 0.25) is 0 Å². The molecular weight excluding hydrogens is 292 g/mol. The summed E-state index contributed by atoms with van der Waals surface area (Å²) in [6.07, 6.45) is 0.713. The summed E-state index contributed by atoms with van der Waals surface area (Å²) in [5, 5.41) is 0. The zero-order valence-electron chi connectivity index (χ0n) is 10.5. The van der Waals surface area contributed by atoms with Crippen molar-refractivity contribution in [3.8, 4) is 0 Å². The third-order valence-electron chi connectivity index (χ3n) is 2.37. The Balaban J connectivity index is 2.44. The van der Waals surface area contributed by atoms with Crippen LogP contribution in [0, 0.1) is 0 Å². The first-order chi connectivity index (χ1) is 8.93. The molecular formula is C12H15ClO5S. The molecule has 0 bridgehead atoms. The normalized spacial score (nSPS) is 11.3. The number of halogens is 1. The van der Waals surface area contributed by atoms with Crippen LogP contribution in [0.15, 0.2) is 29.2 Å². The van der Waals surface area contributed by atoms with E-state index in [1.807, 2.05) is 0 Å². The second-order valence-electron chi connectivity index (χ2n) is 3.80. The molecule has 0 atom stereocenters. The lowest BCUT2D eigenvalue weighted by Gasteiger charge is -2.04. The van der Waals surface area contributed by atoms with Crippen molar-refractivity contribution in [3.05, 3.63) is 29.8 Å². The summed E-state index contributed by atoms with van der Waals surface area (Å²) in [4.78, 5) is 11.4. The maximum absolute atomic E-state index is 11.3. The highest BCUT2D eigenvalue weighted by Crippen LogP contribution is 2.16. The van der Waals surface area contributed by atoms with Crippen molar-refractivity contribution in [2.24, 2.45) is 0 Å². The Bertz CT molecular complexity index is 509. The predicted octanol–water partition coefficient (Wildman–Crippen LogP) is 1.74. The van der Waals surface area contributed by atoms with E-state index in [0.29, 0.717) is 13.0 Å². The van der Waals surface area contributed by atoms with E-state index in [1.54, 1.807) is 12.1 Å². The lowest BCUT2D eigenvalue weighted by Crippen LogP contribution is -2.10. The average molecular weight is 307 g/mol. The molecule has 0 radical (unpaired) electrons. The van der Waals surface area contributed by atoms with Crippen LogP contribution in [0.1, 0.15) is 12.0 Å². The Labute approximate surface area is 116 Å². The number of ether oxygens (including phenoxy) is 2. The highest BCUT2D eigenvalue weighted by Gasteiger charge is 2.09. The fraction of sp³-hybridized carbons (Fsp3) is 0.417. The summed E-state index contributed by atoms with van der Waals surface area (Å²) in [6.45, 7) is 0.604. The van der Waals surface area contributed by atoms with Crippen LogP contribution >= 0.6 is 10.7 Å². The van der Waals surface area contributed by atoms with Gasteiger partial charge in [0.1, 0.15) is 6.61 Å². The Morgan fingerprint density at radius 2 is 1.84 bits per heavy atom. The number of carbonyl (C=O) groups is 1. The second kappa shape index (κ2) is 7.47. The highest BCUT2D eigenvalue weighted by atomic mass is 35.7. The van der Waals surface area contributed by atoms with Gasteiger partial charge in [0.25, 0.3) is 9.05 Å². The molecule has 0 heterocycles. The quantitative estimate of drug-likeness (QED) is 0.436. The summed E-state index contributed by atoms with van der Waals surface area (Å²) >= 11 is 0. The number of aryl methyl sites for hydroxylation is 1. The first-order valence-electron chi connectivity index (χ1n) is 5.61. The molecule has 0 aliphatic rings. The van der Waals surface area contributed by atoms with Crippen LogP contribution in [0.25, 0.3) is 0 Å². The zero-order chi connectivity index (χ0) is 14.3. The number of rotatable bonds is 7. The van der Waals surface area contributed by atoms with Crippen molar-refractivity contribution in [2.75, 3.05) is 20.3 Å². The molecule has 0 unspecified atom stereocenters. The van der Waals surface area contributed by atoms with E-state index >= 15 is 0 Å². The molecule has 0 fully saturated rings. The Morgan fingerprint density at radius 1 is 1.21 bits per heavy atom. The summed E-state index contributed by atoms with van der Waals surface area (Å²) in [5.41, 5.74) is 0.841. The molecule has 1 aromatic rings. The molecule has 0 amide bonds. The van der Waals surface area contributed by atoms with E-state index in [0.717, 1.165) is 5.56 Å². The van der Waals surface area contributed by atoms with Crippen molar-refractivity contribution in [3.63, 3.8) is 0 Å². The van der Waals surface area contributed by atoms with Gasteiger partial charge in [0.05, 0.1) is 11.5 Å². The maximum Gasteiger partial charge on any atom is 0.306 e. The van der Waals surface area contributed by atoms with Gasteiger partial charge < -0.3 is 9.47 Å². The van der Waals surface area contributed by atoms with E-state index in [9.17, 15) is 13.2 Å². The molecule has 0 aromatic heterocycles. The van der Waals surface area contributed by atoms with Crippen LogP contribution in [-0.2, 0) is 29.7 Å². The molecule has 0 aliphatic heterocycles. The Hall–Kier alpha value is -1.11. The molecule has 7 heteroatoms. The third-order valence-corrected chi connectivity index (χ3v) is 3.74. The third kappa shape index (κ3) is 6.04. The monoisotopic (exact) mass is 306 g/mol. The minimum atomic E-state index is -3.70. The van der Waals surface area contributed by atoms with Gasteiger partial charge in [-0.2, -0.15) is 0 Å². The minimum Gasteiger partial charge on any atom is -0.463 e. The van der Waals surface area contributed by atoms with Crippen LogP contribution < -0.4 is 0 Å². The summed E-state index contributed by atoms with van der Waals surface area (Å²) in [5.74, 6) is -0.314. The topological polar surface area (TPSA) is 69.7 Å². The lowest BCUT2D eigenvalue weighted by atomic mass is 10.1. The molecule has 5 nitrogen and oxygen atoms in total. The van der Waals surface area contributed by atoms with E-state index in [1.165, 1.54) is 19.2 Å². The van der Waals surface area contributed by atoms with Gasteiger partial charge in [-0.15, -0.1) is 0 Å². The predicted molar refractivity (Wildman–Crippen MR) is 70.6 cm³/mol. The smallest absolute Gasteiger partial charge is 0.306 e. The van der Waals surface area contributed by atoms with Crippen molar-refractivity contribution >= 4 is 25.7 Å². The molecule has 19 heavy (non-hydrogen) atoms. The number of hydrogen-bond donors (Lipinski definition) is 0. The number of methoxy groups -OCH3 is 1. The SMILES string of the molecule is COCCOC(=O)CCc1ccc(S(=O)(=O)Cl)cc1. The average Bonchev–Trinajstić information content (AvgIpc) is 2.36. The van der Waals surface area contributed by atoms with E-state index in [-0.39, 0.29) is 23.9 Å². The lowest BCUT2D eigenvalue weighted by molar-refractivity contribution is -0.144. The van der Waals surface area contributed by atoms with E-state index < -0.39 is 9.05 Å². The van der Waals surface area contributed by atoms with Crippen LogP contribution in [0.3, 0.4) is 0 Å². The summed E-state index contributed by atoms with van der Waals surface area (Å²) < 4.78 is 31.7. The first kappa shape index (κ1) is 15.9. The van der Waals surface area contributed by atoms with Crippen LogP contribution in [-0.4, -0.2) is 34.7 Å². The molecule has 0 saturated carbocycles. The molecule has 1 aromatic carbocycles.